The van der Waals surface area contributed by atoms with E-state index in [1.165, 1.54) is 0 Å². The molecule has 0 unspecified atom stereocenters. The average molecular weight is 388 g/mol. The van der Waals surface area contributed by atoms with Gasteiger partial charge in [-0.15, -0.1) is 0 Å². The van der Waals surface area contributed by atoms with Crippen LogP contribution in [-0.2, 0) is 14.2 Å². The highest BCUT2D eigenvalue weighted by Crippen LogP contribution is 2.33. The van der Waals surface area contributed by atoms with E-state index in [0.29, 0.717) is 19.8 Å². The molecule has 0 fully saturated rings. The normalized spacial score (nSPS) is 15.6. The molecule has 25 heavy (non-hydrogen) atoms. The van der Waals surface area contributed by atoms with Gasteiger partial charge in [0.1, 0.15) is 12.4 Å². The predicted octanol–water partition coefficient (Wildman–Crippen LogP) is 4.16. The van der Waals surface area contributed by atoms with Crippen LogP contribution in [0.2, 0.25) is 0 Å². The molecule has 0 atom stereocenters. The highest BCUT2D eigenvalue weighted by atomic mass is 33.1. The lowest BCUT2D eigenvalue weighted by molar-refractivity contribution is 0.164. The van der Waals surface area contributed by atoms with Gasteiger partial charge in [-0.3, -0.25) is 0 Å². The number of hydrogen-bond donors (Lipinski definition) is 0. The molecule has 0 saturated heterocycles. The lowest BCUT2D eigenvalue weighted by atomic mass is 10.2. The lowest BCUT2D eigenvalue weighted by Crippen LogP contribution is -2.35. The van der Waals surface area contributed by atoms with Crippen molar-refractivity contribution < 1.29 is 14.2 Å². The third-order valence-corrected chi connectivity index (χ3v) is 6.23. The number of rotatable bonds is 12. The monoisotopic (exact) mass is 387 g/mol. The van der Waals surface area contributed by atoms with E-state index in [2.05, 4.69) is 50.3 Å². The van der Waals surface area contributed by atoms with Crippen LogP contribution in [0.25, 0.3) is 0 Å². The maximum atomic E-state index is 6.04. The number of methoxy groups -OCH3 is 2. The summed E-state index contributed by atoms with van der Waals surface area (Å²) >= 11 is 0. The highest BCUT2D eigenvalue weighted by molar-refractivity contribution is 8.76. The fourth-order valence-corrected chi connectivity index (χ4v) is 5.00. The van der Waals surface area contributed by atoms with Gasteiger partial charge in [0.15, 0.2) is 0 Å². The van der Waals surface area contributed by atoms with Gasteiger partial charge >= 0.3 is 0 Å². The minimum atomic E-state index is 0.238. The van der Waals surface area contributed by atoms with Gasteiger partial charge < -0.3 is 19.1 Å². The van der Waals surface area contributed by atoms with Gasteiger partial charge in [-0.2, -0.15) is 0 Å². The van der Waals surface area contributed by atoms with E-state index in [4.69, 9.17) is 14.2 Å². The van der Waals surface area contributed by atoms with Crippen molar-refractivity contribution in [2.75, 3.05) is 60.4 Å². The first-order chi connectivity index (χ1) is 11.9. The van der Waals surface area contributed by atoms with Crippen molar-refractivity contribution in [3.05, 3.63) is 35.1 Å². The first-order valence-electron chi connectivity index (χ1n) is 8.51. The van der Waals surface area contributed by atoms with E-state index in [0.717, 1.165) is 36.4 Å². The molecule has 1 aliphatic carbocycles. The number of nitrogens with zero attached hydrogens (tertiary/aromatic N) is 1. The summed E-state index contributed by atoms with van der Waals surface area (Å²) in [5.74, 6) is 0.987. The van der Waals surface area contributed by atoms with E-state index in [-0.39, 0.29) is 4.75 Å². The standard InChI is InChI=1S/C19H33NO3S2/c1-19(2,25-24-6)15-20(3)9-10-23-18-8-7-16(13-21-4)11-17(12-18)14-22-5/h7,11-12H,8-10,13-15H2,1-6H3. The van der Waals surface area contributed by atoms with Crippen LogP contribution in [-0.4, -0.2) is 70.1 Å². The average Bonchev–Trinajstić information content (AvgIpc) is 2.70. The quantitative estimate of drug-likeness (QED) is 0.468. The Morgan fingerprint density at radius 1 is 1.12 bits per heavy atom. The molecule has 0 aliphatic heterocycles. The Bertz CT molecular complexity index is 487. The van der Waals surface area contributed by atoms with Crippen molar-refractivity contribution in [3.8, 4) is 0 Å². The Morgan fingerprint density at radius 3 is 2.44 bits per heavy atom. The number of allylic oxidation sites excluding steroid dienone is 1. The van der Waals surface area contributed by atoms with Crippen molar-refractivity contribution >= 4 is 21.6 Å². The second-order valence-corrected chi connectivity index (χ2v) is 9.88. The second kappa shape index (κ2) is 12.1. The molecule has 0 bridgehead atoms. The summed E-state index contributed by atoms with van der Waals surface area (Å²) in [5, 5.41) is 0. The third kappa shape index (κ3) is 9.75. The van der Waals surface area contributed by atoms with Crippen LogP contribution in [0.3, 0.4) is 0 Å². The summed E-state index contributed by atoms with van der Waals surface area (Å²) in [6.07, 6.45) is 9.30. The highest BCUT2D eigenvalue weighted by Gasteiger charge is 2.20. The SMILES string of the molecule is COCC1=CCC(OCCN(C)CC(C)(C)SSC)=CC(COC)=C1. The van der Waals surface area contributed by atoms with Crippen molar-refractivity contribution in [1.82, 2.24) is 4.90 Å². The van der Waals surface area contributed by atoms with Crippen molar-refractivity contribution in [2.45, 2.75) is 25.0 Å². The molecule has 144 valence electrons. The van der Waals surface area contributed by atoms with Crippen LogP contribution in [0, 0.1) is 0 Å². The summed E-state index contributed by atoms with van der Waals surface area (Å²) < 4.78 is 16.8. The van der Waals surface area contributed by atoms with Crippen LogP contribution in [0.15, 0.2) is 35.1 Å². The fourth-order valence-electron chi connectivity index (χ4n) is 2.77. The van der Waals surface area contributed by atoms with Gasteiger partial charge in [-0.05, 0) is 44.4 Å². The predicted molar refractivity (Wildman–Crippen MR) is 111 cm³/mol. The minimum Gasteiger partial charge on any atom is -0.496 e. The maximum absolute atomic E-state index is 6.04. The van der Waals surface area contributed by atoms with E-state index in [1.54, 1.807) is 14.2 Å². The zero-order chi connectivity index (χ0) is 18.7. The molecule has 1 rings (SSSR count). The molecule has 0 spiro atoms. The van der Waals surface area contributed by atoms with E-state index in [1.807, 2.05) is 21.6 Å². The molecule has 0 aromatic carbocycles. The largest absolute Gasteiger partial charge is 0.496 e. The second-order valence-electron chi connectivity index (χ2n) is 6.78. The van der Waals surface area contributed by atoms with Crippen LogP contribution in [0.5, 0.6) is 0 Å². The summed E-state index contributed by atoms with van der Waals surface area (Å²) in [6, 6.07) is 0. The lowest BCUT2D eigenvalue weighted by Gasteiger charge is -2.28. The summed E-state index contributed by atoms with van der Waals surface area (Å²) in [5.41, 5.74) is 2.28. The number of hydrogen-bond acceptors (Lipinski definition) is 6. The molecular weight excluding hydrogens is 354 g/mol. The van der Waals surface area contributed by atoms with Gasteiger partial charge in [-0.25, -0.2) is 0 Å². The summed E-state index contributed by atoms with van der Waals surface area (Å²) in [6.45, 7) is 8.39. The summed E-state index contributed by atoms with van der Waals surface area (Å²) in [4.78, 5) is 2.33. The molecule has 0 radical (unpaired) electrons. The molecule has 0 aromatic heterocycles. The number of likely N-dealkylation sites (N-methyl/N-ethyl adjacent to an activating group) is 1. The summed E-state index contributed by atoms with van der Waals surface area (Å²) in [7, 11) is 9.32. The fraction of sp³-hybridized carbons (Fsp3) is 0.684. The molecule has 1 aliphatic rings. The van der Waals surface area contributed by atoms with Crippen LogP contribution in [0.1, 0.15) is 20.3 Å². The third-order valence-electron chi connectivity index (χ3n) is 3.62. The Morgan fingerprint density at radius 2 is 1.80 bits per heavy atom. The molecule has 0 heterocycles. The Labute approximate surface area is 161 Å². The Hall–Kier alpha value is -0.400. The van der Waals surface area contributed by atoms with Crippen molar-refractivity contribution in [3.63, 3.8) is 0 Å². The van der Waals surface area contributed by atoms with Crippen molar-refractivity contribution in [1.29, 1.82) is 0 Å². The first-order valence-corrected chi connectivity index (χ1v) is 11.1. The van der Waals surface area contributed by atoms with E-state index in [9.17, 15) is 0 Å². The van der Waals surface area contributed by atoms with E-state index < -0.39 is 0 Å². The minimum absolute atomic E-state index is 0.238. The molecule has 6 heteroatoms. The zero-order valence-corrected chi connectivity index (χ0v) is 18.1. The number of ether oxygens (including phenoxy) is 3. The molecular formula is C19H33NO3S2. The van der Waals surface area contributed by atoms with Gasteiger partial charge in [0.2, 0.25) is 0 Å². The van der Waals surface area contributed by atoms with Gasteiger partial charge in [0.25, 0.3) is 0 Å². The molecule has 0 saturated carbocycles. The maximum Gasteiger partial charge on any atom is 0.100 e. The van der Waals surface area contributed by atoms with Crippen molar-refractivity contribution in [2.24, 2.45) is 0 Å². The topological polar surface area (TPSA) is 30.9 Å². The van der Waals surface area contributed by atoms with Gasteiger partial charge in [-0.1, -0.05) is 33.7 Å². The zero-order valence-electron chi connectivity index (χ0n) is 16.5. The van der Waals surface area contributed by atoms with E-state index >= 15 is 0 Å². The molecule has 0 amide bonds. The van der Waals surface area contributed by atoms with Gasteiger partial charge in [0.05, 0.1) is 13.2 Å². The van der Waals surface area contributed by atoms with Crippen LogP contribution < -0.4 is 0 Å². The molecule has 0 aromatic rings. The van der Waals surface area contributed by atoms with Crippen LogP contribution in [0.4, 0.5) is 0 Å². The molecule has 4 nitrogen and oxygen atoms in total. The first kappa shape index (κ1) is 22.6. The van der Waals surface area contributed by atoms with Crippen LogP contribution >= 0.6 is 21.6 Å². The Balaban J connectivity index is 2.51. The molecule has 0 N–H and O–H groups in total. The smallest absolute Gasteiger partial charge is 0.100 e. The Kier molecular flexibility index (Phi) is 10.9. The van der Waals surface area contributed by atoms with Gasteiger partial charge in [0, 0.05) is 38.5 Å².